The van der Waals surface area contributed by atoms with Crippen LogP contribution in [-0.2, 0) is 11.3 Å². The second kappa shape index (κ2) is 9.15. The van der Waals surface area contributed by atoms with Crippen molar-refractivity contribution in [2.45, 2.75) is 6.42 Å². The normalized spacial score (nSPS) is 10.6. The minimum Gasteiger partial charge on any atom is -0.497 e. The Morgan fingerprint density at radius 3 is 2.33 bits per heavy atom. The van der Waals surface area contributed by atoms with Gasteiger partial charge in [-0.05, 0) is 53.1 Å². The Kier molecular flexibility index (Phi) is 6.14. The second-order valence-corrected chi connectivity index (χ2v) is 5.66. The molecule has 0 saturated carbocycles. The summed E-state index contributed by atoms with van der Waals surface area (Å²) in [6.45, 7) is 0. The van der Waals surface area contributed by atoms with E-state index in [1.54, 1.807) is 50.0 Å². The van der Waals surface area contributed by atoms with E-state index in [1.807, 2.05) is 36.4 Å². The van der Waals surface area contributed by atoms with E-state index in [1.165, 1.54) is 0 Å². The third-order valence-corrected chi connectivity index (χ3v) is 3.84. The zero-order valence-corrected chi connectivity index (χ0v) is 14.8. The molecule has 0 aliphatic heterocycles. The molecule has 0 atom stereocenters. The SMILES string of the molecule is COc1ccc(NC(=O)ON=CCc2ccc(-c3ccncc3)cc2)cc1. The van der Waals surface area contributed by atoms with Crippen LogP contribution < -0.4 is 10.1 Å². The molecule has 0 fully saturated rings. The molecule has 27 heavy (non-hydrogen) atoms. The van der Waals surface area contributed by atoms with Gasteiger partial charge in [0.2, 0.25) is 0 Å². The molecule has 3 aromatic rings. The summed E-state index contributed by atoms with van der Waals surface area (Å²) >= 11 is 0. The van der Waals surface area contributed by atoms with Crippen LogP contribution in [0.5, 0.6) is 5.75 Å². The first-order valence-electron chi connectivity index (χ1n) is 8.38. The summed E-state index contributed by atoms with van der Waals surface area (Å²) < 4.78 is 5.06. The van der Waals surface area contributed by atoms with Gasteiger partial charge in [0.15, 0.2) is 0 Å². The van der Waals surface area contributed by atoms with Gasteiger partial charge in [-0.1, -0.05) is 29.4 Å². The first-order chi connectivity index (χ1) is 13.2. The smallest absolute Gasteiger partial charge is 0.437 e. The molecule has 3 rings (SSSR count). The molecule has 0 aliphatic carbocycles. The van der Waals surface area contributed by atoms with Gasteiger partial charge in [0.25, 0.3) is 0 Å². The van der Waals surface area contributed by atoms with Crippen molar-refractivity contribution in [3.63, 3.8) is 0 Å². The monoisotopic (exact) mass is 361 g/mol. The minimum atomic E-state index is -0.649. The maximum absolute atomic E-state index is 11.7. The van der Waals surface area contributed by atoms with Crippen LogP contribution in [0.2, 0.25) is 0 Å². The number of benzene rings is 2. The number of ether oxygens (including phenoxy) is 1. The number of hydrogen-bond acceptors (Lipinski definition) is 5. The Labute approximate surface area is 157 Å². The van der Waals surface area contributed by atoms with E-state index in [2.05, 4.69) is 15.5 Å². The number of anilines is 1. The summed E-state index contributed by atoms with van der Waals surface area (Å²) in [7, 11) is 1.58. The van der Waals surface area contributed by atoms with Gasteiger partial charge in [0.05, 0.1) is 7.11 Å². The van der Waals surface area contributed by atoms with Crippen LogP contribution in [0.4, 0.5) is 10.5 Å². The molecule has 1 amide bonds. The number of aromatic nitrogens is 1. The van der Waals surface area contributed by atoms with Gasteiger partial charge in [-0.2, -0.15) is 0 Å². The molecule has 0 spiro atoms. The third kappa shape index (κ3) is 5.40. The molecule has 1 aromatic heterocycles. The molecule has 1 N–H and O–H groups in total. The van der Waals surface area contributed by atoms with Crippen LogP contribution in [0, 0.1) is 0 Å². The van der Waals surface area contributed by atoms with Gasteiger partial charge in [-0.3, -0.25) is 15.1 Å². The van der Waals surface area contributed by atoms with Crippen molar-refractivity contribution in [1.29, 1.82) is 0 Å². The highest BCUT2D eigenvalue weighted by Gasteiger charge is 2.02. The van der Waals surface area contributed by atoms with Crippen LogP contribution in [0.1, 0.15) is 5.56 Å². The molecule has 2 aromatic carbocycles. The summed E-state index contributed by atoms with van der Waals surface area (Å²) in [6, 6.07) is 19.0. The van der Waals surface area contributed by atoms with E-state index in [9.17, 15) is 4.79 Å². The highest BCUT2D eigenvalue weighted by molar-refractivity contribution is 5.84. The Morgan fingerprint density at radius 2 is 1.67 bits per heavy atom. The summed E-state index contributed by atoms with van der Waals surface area (Å²) in [5.74, 6) is 0.710. The topological polar surface area (TPSA) is 72.8 Å². The van der Waals surface area contributed by atoms with Gasteiger partial charge >= 0.3 is 6.09 Å². The highest BCUT2D eigenvalue weighted by Crippen LogP contribution is 2.18. The number of amides is 1. The Hall–Kier alpha value is -3.67. The lowest BCUT2D eigenvalue weighted by molar-refractivity contribution is 0.167. The fourth-order valence-corrected chi connectivity index (χ4v) is 2.42. The number of nitrogens with zero attached hydrogens (tertiary/aromatic N) is 2. The average Bonchev–Trinajstić information content (AvgIpc) is 2.73. The molecule has 6 heteroatoms. The van der Waals surface area contributed by atoms with E-state index >= 15 is 0 Å². The fraction of sp³-hybridized carbons (Fsp3) is 0.0952. The second-order valence-electron chi connectivity index (χ2n) is 5.66. The summed E-state index contributed by atoms with van der Waals surface area (Å²) in [5.41, 5.74) is 3.90. The summed E-state index contributed by atoms with van der Waals surface area (Å²) in [6.07, 6.45) is 5.00. The molecule has 0 bridgehead atoms. The van der Waals surface area contributed by atoms with Gasteiger partial charge in [-0.15, -0.1) is 0 Å². The number of pyridine rings is 1. The molecule has 0 unspecified atom stereocenters. The van der Waals surface area contributed by atoms with E-state index in [0.717, 1.165) is 16.7 Å². The van der Waals surface area contributed by atoms with E-state index < -0.39 is 6.09 Å². The lowest BCUT2D eigenvalue weighted by Gasteiger charge is -2.04. The number of methoxy groups -OCH3 is 1. The zero-order valence-electron chi connectivity index (χ0n) is 14.8. The lowest BCUT2D eigenvalue weighted by atomic mass is 10.0. The Balaban J connectivity index is 1.46. The first kappa shape index (κ1) is 18.1. The van der Waals surface area contributed by atoms with Crippen molar-refractivity contribution in [3.8, 4) is 16.9 Å². The van der Waals surface area contributed by atoms with Gasteiger partial charge < -0.3 is 4.74 Å². The van der Waals surface area contributed by atoms with Crippen LogP contribution in [0.25, 0.3) is 11.1 Å². The predicted molar refractivity (Wildman–Crippen MR) is 105 cm³/mol. The Morgan fingerprint density at radius 1 is 1.00 bits per heavy atom. The molecule has 6 nitrogen and oxygen atoms in total. The largest absolute Gasteiger partial charge is 0.497 e. The van der Waals surface area contributed by atoms with E-state index in [0.29, 0.717) is 17.9 Å². The third-order valence-electron chi connectivity index (χ3n) is 3.84. The van der Waals surface area contributed by atoms with E-state index in [4.69, 9.17) is 9.57 Å². The Bertz CT molecular complexity index is 892. The molecular weight excluding hydrogens is 342 g/mol. The molecule has 0 saturated heterocycles. The van der Waals surface area contributed by atoms with Gasteiger partial charge in [-0.25, -0.2) is 4.79 Å². The number of oxime groups is 1. The number of hydrogen-bond donors (Lipinski definition) is 1. The minimum absolute atomic E-state index is 0.562. The van der Waals surface area contributed by atoms with Crippen molar-refractivity contribution in [3.05, 3.63) is 78.6 Å². The standard InChI is InChI=1S/C21H19N3O3/c1-26-20-8-6-19(7-9-20)24-21(25)27-23-15-10-16-2-4-17(5-3-16)18-11-13-22-14-12-18/h2-9,11-15H,10H2,1H3,(H,24,25). The van der Waals surface area contributed by atoms with Crippen molar-refractivity contribution in [2.75, 3.05) is 12.4 Å². The van der Waals surface area contributed by atoms with Crippen molar-refractivity contribution < 1.29 is 14.4 Å². The van der Waals surface area contributed by atoms with Crippen LogP contribution in [0.15, 0.2) is 78.2 Å². The van der Waals surface area contributed by atoms with Crippen LogP contribution in [0.3, 0.4) is 0 Å². The molecule has 0 radical (unpaired) electrons. The molecule has 1 heterocycles. The van der Waals surface area contributed by atoms with Gasteiger partial charge in [0.1, 0.15) is 5.75 Å². The number of carbonyl (C=O) groups excluding carboxylic acids is 1. The molecule has 0 aliphatic rings. The summed E-state index contributed by atoms with van der Waals surface area (Å²) in [5, 5.41) is 6.29. The lowest BCUT2D eigenvalue weighted by Crippen LogP contribution is -2.10. The first-order valence-corrected chi connectivity index (χ1v) is 8.38. The van der Waals surface area contributed by atoms with Crippen LogP contribution in [-0.4, -0.2) is 24.4 Å². The van der Waals surface area contributed by atoms with Crippen molar-refractivity contribution in [1.82, 2.24) is 4.98 Å². The maximum atomic E-state index is 11.7. The zero-order chi connectivity index (χ0) is 18.9. The molecular formula is C21H19N3O3. The quantitative estimate of drug-likeness (QED) is 0.398. The fourth-order valence-electron chi connectivity index (χ4n) is 2.42. The highest BCUT2D eigenvalue weighted by atomic mass is 16.7. The summed E-state index contributed by atoms with van der Waals surface area (Å²) in [4.78, 5) is 20.5. The number of carbonyl (C=O) groups is 1. The van der Waals surface area contributed by atoms with Crippen molar-refractivity contribution in [2.24, 2.45) is 5.16 Å². The number of nitrogens with one attached hydrogen (secondary N) is 1. The predicted octanol–water partition coefficient (Wildman–Crippen LogP) is 4.53. The number of rotatable bonds is 6. The maximum Gasteiger partial charge on any atom is 0.437 e. The van der Waals surface area contributed by atoms with Gasteiger partial charge in [0, 0.05) is 30.7 Å². The van der Waals surface area contributed by atoms with E-state index in [-0.39, 0.29) is 0 Å². The van der Waals surface area contributed by atoms with Crippen molar-refractivity contribution >= 4 is 18.0 Å². The molecule has 136 valence electrons. The average molecular weight is 361 g/mol. The van der Waals surface area contributed by atoms with Crippen LogP contribution >= 0.6 is 0 Å².